The van der Waals surface area contributed by atoms with E-state index in [4.69, 9.17) is 9.47 Å². The minimum absolute atomic E-state index is 0.351. The summed E-state index contributed by atoms with van der Waals surface area (Å²) in [5, 5.41) is 10.8. The standard InChI is InChI=1S/C9H15N3O3/c1-6-4-14-9(2,5-10-6)7-8(13-3)12-15-11-7/h6,10H,4-5H2,1-3H3. The smallest absolute Gasteiger partial charge is 0.281 e. The maximum atomic E-state index is 5.76. The lowest BCUT2D eigenvalue weighted by atomic mass is 10.00. The second-order valence-corrected chi connectivity index (χ2v) is 3.95. The lowest BCUT2D eigenvalue weighted by Gasteiger charge is -2.35. The third kappa shape index (κ3) is 1.82. The summed E-state index contributed by atoms with van der Waals surface area (Å²) in [5.74, 6) is 0.383. The third-order valence-corrected chi connectivity index (χ3v) is 2.59. The normalized spacial score (nSPS) is 31.5. The summed E-state index contributed by atoms with van der Waals surface area (Å²) >= 11 is 0. The Labute approximate surface area is 87.9 Å². The summed E-state index contributed by atoms with van der Waals surface area (Å²) in [6.07, 6.45) is 0. The van der Waals surface area contributed by atoms with E-state index < -0.39 is 5.60 Å². The van der Waals surface area contributed by atoms with Crippen molar-refractivity contribution in [2.45, 2.75) is 25.5 Å². The van der Waals surface area contributed by atoms with Gasteiger partial charge in [-0.05, 0) is 24.2 Å². The van der Waals surface area contributed by atoms with Gasteiger partial charge in [-0.1, -0.05) is 0 Å². The van der Waals surface area contributed by atoms with E-state index in [1.807, 2.05) is 6.92 Å². The van der Waals surface area contributed by atoms with E-state index in [9.17, 15) is 0 Å². The number of hydrogen-bond donors (Lipinski definition) is 1. The van der Waals surface area contributed by atoms with Gasteiger partial charge in [-0.25, -0.2) is 4.63 Å². The second-order valence-electron chi connectivity index (χ2n) is 3.95. The highest BCUT2D eigenvalue weighted by molar-refractivity contribution is 5.22. The molecule has 1 aliphatic rings. The fourth-order valence-corrected chi connectivity index (χ4v) is 1.58. The average Bonchev–Trinajstić information content (AvgIpc) is 2.71. The lowest BCUT2D eigenvalue weighted by molar-refractivity contribution is -0.0779. The molecule has 2 rings (SSSR count). The molecule has 2 heterocycles. The zero-order valence-corrected chi connectivity index (χ0v) is 9.11. The van der Waals surface area contributed by atoms with Crippen LogP contribution in [0.4, 0.5) is 0 Å². The molecule has 1 aromatic heterocycles. The first-order valence-electron chi connectivity index (χ1n) is 4.90. The Hall–Kier alpha value is -1.14. The Morgan fingerprint density at radius 2 is 2.33 bits per heavy atom. The van der Waals surface area contributed by atoms with Crippen molar-refractivity contribution in [1.82, 2.24) is 15.6 Å². The molecule has 84 valence electrons. The SMILES string of the molecule is COc1nonc1C1(C)CNC(C)CO1. The van der Waals surface area contributed by atoms with Gasteiger partial charge >= 0.3 is 0 Å². The van der Waals surface area contributed by atoms with Crippen LogP contribution >= 0.6 is 0 Å². The van der Waals surface area contributed by atoms with Crippen molar-refractivity contribution in [3.05, 3.63) is 5.69 Å². The first kappa shape index (κ1) is 10.4. The van der Waals surface area contributed by atoms with Gasteiger partial charge in [0.1, 0.15) is 5.60 Å². The van der Waals surface area contributed by atoms with Crippen LogP contribution in [-0.4, -0.2) is 36.6 Å². The van der Waals surface area contributed by atoms with Crippen molar-refractivity contribution >= 4 is 0 Å². The molecule has 6 nitrogen and oxygen atoms in total. The molecular weight excluding hydrogens is 198 g/mol. The molecule has 6 heteroatoms. The van der Waals surface area contributed by atoms with Gasteiger partial charge in [0, 0.05) is 12.6 Å². The molecule has 1 saturated heterocycles. The molecule has 0 saturated carbocycles. The number of methoxy groups -OCH3 is 1. The zero-order valence-electron chi connectivity index (χ0n) is 9.11. The summed E-state index contributed by atoms with van der Waals surface area (Å²) in [6, 6.07) is 0.351. The van der Waals surface area contributed by atoms with E-state index in [-0.39, 0.29) is 0 Å². The van der Waals surface area contributed by atoms with Crippen LogP contribution in [-0.2, 0) is 10.3 Å². The van der Waals surface area contributed by atoms with Crippen molar-refractivity contribution < 1.29 is 14.1 Å². The van der Waals surface area contributed by atoms with Crippen LogP contribution in [0.25, 0.3) is 0 Å². The molecule has 0 amide bonds. The van der Waals surface area contributed by atoms with Crippen LogP contribution in [0.1, 0.15) is 19.5 Å². The number of nitrogens with one attached hydrogen (secondary N) is 1. The Balaban J connectivity index is 2.22. The van der Waals surface area contributed by atoms with Crippen LogP contribution in [0.5, 0.6) is 5.88 Å². The molecule has 1 N–H and O–H groups in total. The molecule has 0 radical (unpaired) electrons. The van der Waals surface area contributed by atoms with E-state index in [0.29, 0.717) is 30.8 Å². The van der Waals surface area contributed by atoms with E-state index in [1.165, 1.54) is 7.11 Å². The molecule has 0 aliphatic carbocycles. The fraction of sp³-hybridized carbons (Fsp3) is 0.778. The topological polar surface area (TPSA) is 69.4 Å². The van der Waals surface area contributed by atoms with Gasteiger partial charge < -0.3 is 14.8 Å². The van der Waals surface area contributed by atoms with Gasteiger partial charge in [-0.3, -0.25) is 0 Å². The van der Waals surface area contributed by atoms with E-state index in [1.54, 1.807) is 0 Å². The average molecular weight is 213 g/mol. The summed E-state index contributed by atoms with van der Waals surface area (Å²) in [6.45, 7) is 5.30. The molecule has 1 aliphatic heterocycles. The van der Waals surface area contributed by atoms with Crippen LogP contribution in [0, 0.1) is 0 Å². The van der Waals surface area contributed by atoms with Crippen molar-refractivity contribution in [2.24, 2.45) is 0 Å². The predicted octanol–water partition coefficient (Wildman–Crippen LogP) is 0.302. The highest BCUT2D eigenvalue weighted by Crippen LogP contribution is 2.31. The van der Waals surface area contributed by atoms with Gasteiger partial charge in [-0.2, -0.15) is 0 Å². The number of ether oxygens (including phenoxy) is 2. The second kappa shape index (κ2) is 3.79. The van der Waals surface area contributed by atoms with Gasteiger partial charge in [0.15, 0.2) is 5.69 Å². The summed E-state index contributed by atoms with van der Waals surface area (Å²) in [7, 11) is 1.53. The van der Waals surface area contributed by atoms with E-state index in [2.05, 4.69) is 27.2 Å². The Kier molecular flexibility index (Phi) is 2.62. The van der Waals surface area contributed by atoms with Gasteiger partial charge in [0.2, 0.25) is 0 Å². The third-order valence-electron chi connectivity index (χ3n) is 2.59. The highest BCUT2D eigenvalue weighted by Gasteiger charge is 2.38. The fourth-order valence-electron chi connectivity index (χ4n) is 1.58. The number of rotatable bonds is 2. The first-order valence-corrected chi connectivity index (χ1v) is 4.90. The maximum absolute atomic E-state index is 5.76. The largest absolute Gasteiger partial charge is 0.477 e. The summed E-state index contributed by atoms with van der Waals surface area (Å²) in [4.78, 5) is 0. The minimum atomic E-state index is -0.530. The zero-order chi connectivity index (χ0) is 10.9. The molecular formula is C9H15N3O3. The molecule has 1 fully saturated rings. The number of morpholine rings is 1. The maximum Gasteiger partial charge on any atom is 0.281 e. The van der Waals surface area contributed by atoms with Crippen LogP contribution in [0.2, 0.25) is 0 Å². The van der Waals surface area contributed by atoms with Gasteiger partial charge in [0.25, 0.3) is 5.88 Å². The number of nitrogens with zero attached hydrogens (tertiary/aromatic N) is 2. The monoisotopic (exact) mass is 213 g/mol. The van der Waals surface area contributed by atoms with E-state index in [0.717, 1.165) is 0 Å². The molecule has 0 aromatic carbocycles. The number of aromatic nitrogens is 2. The predicted molar refractivity (Wildman–Crippen MR) is 51.6 cm³/mol. The van der Waals surface area contributed by atoms with Gasteiger partial charge in [0.05, 0.1) is 13.7 Å². The van der Waals surface area contributed by atoms with Crippen molar-refractivity contribution in [3.63, 3.8) is 0 Å². The summed E-state index contributed by atoms with van der Waals surface area (Å²) in [5.41, 5.74) is 0.0714. The van der Waals surface area contributed by atoms with Gasteiger partial charge in [-0.15, -0.1) is 0 Å². The summed E-state index contributed by atoms with van der Waals surface area (Å²) < 4.78 is 15.5. The highest BCUT2D eigenvalue weighted by atomic mass is 16.6. The van der Waals surface area contributed by atoms with Crippen molar-refractivity contribution in [2.75, 3.05) is 20.3 Å². The minimum Gasteiger partial charge on any atom is -0.477 e. The molecule has 15 heavy (non-hydrogen) atoms. The van der Waals surface area contributed by atoms with Crippen LogP contribution in [0.15, 0.2) is 4.63 Å². The Morgan fingerprint density at radius 1 is 1.53 bits per heavy atom. The molecule has 2 atom stereocenters. The van der Waals surface area contributed by atoms with Crippen LogP contribution < -0.4 is 10.1 Å². The first-order chi connectivity index (χ1) is 7.15. The molecule has 0 bridgehead atoms. The molecule has 2 unspecified atom stereocenters. The quantitative estimate of drug-likeness (QED) is 0.762. The molecule has 0 spiro atoms. The molecule has 1 aromatic rings. The Bertz CT molecular complexity index is 331. The van der Waals surface area contributed by atoms with Crippen molar-refractivity contribution in [3.8, 4) is 5.88 Å². The lowest BCUT2D eigenvalue weighted by Crippen LogP contribution is -2.50. The van der Waals surface area contributed by atoms with Crippen molar-refractivity contribution in [1.29, 1.82) is 0 Å². The van der Waals surface area contributed by atoms with Crippen LogP contribution in [0.3, 0.4) is 0 Å². The van der Waals surface area contributed by atoms with E-state index >= 15 is 0 Å². The number of hydrogen-bond acceptors (Lipinski definition) is 6. The Morgan fingerprint density at radius 3 is 2.93 bits per heavy atom.